The molecule has 1 N–H and O–H groups in total. The Labute approximate surface area is 168 Å². The Bertz CT molecular complexity index is 971. The van der Waals surface area contributed by atoms with Crippen molar-refractivity contribution in [2.24, 2.45) is 0 Å². The van der Waals surface area contributed by atoms with Gasteiger partial charge >= 0.3 is 6.03 Å². The maximum absolute atomic E-state index is 12.8. The van der Waals surface area contributed by atoms with Crippen molar-refractivity contribution in [1.82, 2.24) is 15.0 Å². The first kappa shape index (κ1) is 18.5. The van der Waals surface area contributed by atoms with Gasteiger partial charge in [-0.1, -0.05) is 35.8 Å². The number of likely N-dealkylation sites (tertiary alicyclic amines) is 1. The van der Waals surface area contributed by atoms with Gasteiger partial charge in [-0.25, -0.2) is 4.79 Å². The van der Waals surface area contributed by atoms with Crippen LogP contribution in [0.5, 0.6) is 0 Å². The van der Waals surface area contributed by atoms with E-state index < -0.39 is 0 Å². The van der Waals surface area contributed by atoms with Gasteiger partial charge in [0.1, 0.15) is 6.04 Å². The summed E-state index contributed by atoms with van der Waals surface area (Å²) in [5.74, 6) is 0.953. The molecule has 1 unspecified atom stereocenters. The van der Waals surface area contributed by atoms with Crippen molar-refractivity contribution in [2.75, 3.05) is 11.9 Å². The number of urea groups is 1. The highest BCUT2D eigenvalue weighted by Gasteiger charge is 2.34. The maximum Gasteiger partial charge on any atom is 0.322 e. The third kappa shape index (κ3) is 3.87. The zero-order valence-electron chi connectivity index (χ0n) is 15.6. The molecule has 0 saturated carbocycles. The number of aryl methyl sites for hydroxylation is 1. The van der Waals surface area contributed by atoms with Crippen molar-refractivity contribution in [2.45, 2.75) is 32.2 Å². The molecule has 1 aromatic heterocycles. The highest BCUT2D eigenvalue weighted by molar-refractivity contribution is 6.30. The van der Waals surface area contributed by atoms with Crippen molar-refractivity contribution >= 4 is 23.3 Å². The third-order valence-corrected chi connectivity index (χ3v) is 5.18. The number of hydrogen-bond acceptors (Lipinski definition) is 4. The lowest BCUT2D eigenvalue weighted by Crippen LogP contribution is -2.34. The molecule has 3 aromatic rings. The highest BCUT2D eigenvalue weighted by atomic mass is 35.5. The number of nitrogens with zero attached hydrogens (tertiary/aromatic N) is 3. The summed E-state index contributed by atoms with van der Waals surface area (Å²) < 4.78 is 5.48. The van der Waals surface area contributed by atoms with Crippen LogP contribution in [0.1, 0.15) is 37.3 Å². The molecule has 28 heavy (non-hydrogen) atoms. The van der Waals surface area contributed by atoms with Crippen LogP contribution in [0.2, 0.25) is 5.02 Å². The number of nitrogens with one attached hydrogen (secondary N) is 1. The van der Waals surface area contributed by atoms with Crippen LogP contribution in [0.4, 0.5) is 10.5 Å². The van der Waals surface area contributed by atoms with E-state index in [2.05, 4.69) is 22.4 Å². The number of halogens is 1. The fourth-order valence-electron chi connectivity index (χ4n) is 3.42. The van der Waals surface area contributed by atoms with Crippen LogP contribution in [0.3, 0.4) is 0 Å². The van der Waals surface area contributed by atoms with E-state index in [4.69, 9.17) is 16.1 Å². The smallest absolute Gasteiger partial charge is 0.322 e. The topological polar surface area (TPSA) is 71.3 Å². The van der Waals surface area contributed by atoms with Gasteiger partial charge in [-0.2, -0.15) is 4.98 Å². The lowest BCUT2D eigenvalue weighted by molar-refractivity contribution is 0.193. The first-order valence-corrected chi connectivity index (χ1v) is 9.78. The summed E-state index contributed by atoms with van der Waals surface area (Å²) in [5, 5.41) is 7.71. The van der Waals surface area contributed by atoms with Crippen LogP contribution in [-0.4, -0.2) is 27.6 Å². The van der Waals surface area contributed by atoms with Gasteiger partial charge < -0.3 is 14.7 Å². The minimum atomic E-state index is -0.220. The van der Waals surface area contributed by atoms with Gasteiger partial charge in [0.2, 0.25) is 11.7 Å². The standard InChI is InChI=1S/C21H21ClN4O2/c1-2-14-5-3-6-17(13-14)23-21(27)26-12-4-7-18(26)20-24-19(25-28-20)15-8-10-16(22)11-9-15/h3,5-6,8-11,13,18H,2,4,7,12H2,1H3,(H,23,27). The summed E-state index contributed by atoms with van der Waals surface area (Å²) >= 11 is 5.93. The summed E-state index contributed by atoms with van der Waals surface area (Å²) in [7, 11) is 0. The van der Waals surface area contributed by atoms with Crippen LogP contribution in [-0.2, 0) is 6.42 Å². The zero-order valence-corrected chi connectivity index (χ0v) is 16.3. The second-order valence-electron chi connectivity index (χ2n) is 6.80. The summed E-state index contributed by atoms with van der Waals surface area (Å²) in [6, 6.07) is 14.8. The molecule has 7 heteroatoms. The van der Waals surface area contributed by atoms with Gasteiger partial charge in [0.05, 0.1) is 0 Å². The van der Waals surface area contributed by atoms with Gasteiger partial charge in [0, 0.05) is 22.8 Å². The molecule has 0 aliphatic carbocycles. The summed E-state index contributed by atoms with van der Waals surface area (Å²) in [5.41, 5.74) is 2.80. The second kappa shape index (κ2) is 8.02. The maximum atomic E-state index is 12.8. The van der Waals surface area contributed by atoms with Crippen LogP contribution in [0.15, 0.2) is 53.1 Å². The molecule has 2 aromatic carbocycles. The van der Waals surface area contributed by atoms with E-state index in [0.29, 0.717) is 23.3 Å². The molecule has 0 radical (unpaired) electrons. The number of benzene rings is 2. The van der Waals surface area contributed by atoms with Gasteiger partial charge in [0.15, 0.2) is 0 Å². The van der Waals surface area contributed by atoms with Crippen LogP contribution in [0, 0.1) is 0 Å². The van der Waals surface area contributed by atoms with Crippen molar-refractivity contribution in [1.29, 1.82) is 0 Å². The molecule has 144 valence electrons. The molecular weight excluding hydrogens is 376 g/mol. The molecule has 1 saturated heterocycles. The third-order valence-electron chi connectivity index (χ3n) is 4.93. The summed E-state index contributed by atoms with van der Waals surface area (Å²) in [6.45, 7) is 2.74. The highest BCUT2D eigenvalue weighted by Crippen LogP contribution is 2.32. The Morgan fingerprint density at radius 3 is 2.89 bits per heavy atom. The Hall–Kier alpha value is -2.86. The SMILES string of the molecule is CCc1cccc(NC(=O)N2CCCC2c2nc(-c3ccc(Cl)cc3)no2)c1. The normalized spacial score (nSPS) is 16.4. The van der Waals surface area contributed by atoms with Gasteiger partial charge in [-0.15, -0.1) is 0 Å². The molecule has 2 heterocycles. The molecule has 0 bridgehead atoms. The number of amides is 2. The number of carbonyl (C=O) groups is 1. The molecular formula is C21H21ClN4O2. The van der Waals surface area contributed by atoms with E-state index in [1.54, 1.807) is 17.0 Å². The predicted octanol–water partition coefficient (Wildman–Crippen LogP) is 5.32. The van der Waals surface area contributed by atoms with Gasteiger partial charge in [-0.3, -0.25) is 0 Å². The Morgan fingerprint density at radius 1 is 1.29 bits per heavy atom. The summed E-state index contributed by atoms with van der Waals surface area (Å²) in [4.78, 5) is 19.1. The van der Waals surface area contributed by atoms with Crippen molar-refractivity contribution in [3.05, 3.63) is 65.0 Å². The Kier molecular flexibility index (Phi) is 5.30. The number of rotatable bonds is 4. The molecule has 6 nitrogen and oxygen atoms in total. The molecule has 2 amide bonds. The van der Waals surface area contributed by atoms with E-state index in [0.717, 1.165) is 30.5 Å². The number of aromatic nitrogens is 2. The van der Waals surface area contributed by atoms with E-state index in [1.807, 2.05) is 36.4 Å². The van der Waals surface area contributed by atoms with Crippen molar-refractivity contribution < 1.29 is 9.32 Å². The average molecular weight is 397 g/mol. The van der Waals surface area contributed by atoms with Crippen molar-refractivity contribution in [3.63, 3.8) is 0 Å². The first-order valence-electron chi connectivity index (χ1n) is 9.40. The van der Waals surface area contributed by atoms with E-state index in [-0.39, 0.29) is 12.1 Å². The van der Waals surface area contributed by atoms with E-state index in [1.165, 1.54) is 5.56 Å². The Balaban J connectivity index is 1.50. The number of hydrogen-bond donors (Lipinski definition) is 1. The fourth-order valence-corrected chi connectivity index (χ4v) is 3.54. The minimum Gasteiger partial charge on any atom is -0.337 e. The molecule has 1 aliphatic heterocycles. The quantitative estimate of drug-likeness (QED) is 0.647. The van der Waals surface area contributed by atoms with E-state index >= 15 is 0 Å². The molecule has 4 rings (SSSR count). The average Bonchev–Trinajstić information content (AvgIpc) is 3.38. The predicted molar refractivity (Wildman–Crippen MR) is 108 cm³/mol. The minimum absolute atomic E-state index is 0.151. The largest absolute Gasteiger partial charge is 0.337 e. The summed E-state index contributed by atoms with van der Waals surface area (Å²) in [6.07, 6.45) is 2.61. The van der Waals surface area contributed by atoms with Crippen LogP contribution >= 0.6 is 11.6 Å². The van der Waals surface area contributed by atoms with Crippen LogP contribution in [0.25, 0.3) is 11.4 Å². The lowest BCUT2D eigenvalue weighted by atomic mass is 10.1. The molecule has 1 aliphatic rings. The Morgan fingerprint density at radius 2 is 2.11 bits per heavy atom. The number of carbonyl (C=O) groups excluding carboxylic acids is 1. The van der Waals surface area contributed by atoms with Gasteiger partial charge in [-0.05, 0) is 61.2 Å². The van der Waals surface area contributed by atoms with Crippen LogP contribution < -0.4 is 5.32 Å². The lowest BCUT2D eigenvalue weighted by Gasteiger charge is -2.22. The molecule has 1 fully saturated rings. The van der Waals surface area contributed by atoms with E-state index in [9.17, 15) is 4.79 Å². The van der Waals surface area contributed by atoms with Crippen molar-refractivity contribution in [3.8, 4) is 11.4 Å². The van der Waals surface area contributed by atoms with Gasteiger partial charge in [0.25, 0.3) is 0 Å². The fraction of sp³-hybridized carbons (Fsp3) is 0.286. The first-order chi connectivity index (χ1) is 13.6. The zero-order chi connectivity index (χ0) is 19.5. The molecule has 1 atom stereocenters. The molecule has 0 spiro atoms. The second-order valence-corrected chi connectivity index (χ2v) is 7.24. The monoisotopic (exact) mass is 396 g/mol. The number of anilines is 1.